The quantitative estimate of drug-likeness (QED) is 0.698. The first-order valence-corrected chi connectivity index (χ1v) is 8.69. The molecule has 1 atom stereocenters. The van der Waals surface area contributed by atoms with Crippen molar-refractivity contribution in [2.75, 3.05) is 13.2 Å². The summed E-state index contributed by atoms with van der Waals surface area (Å²) in [6.45, 7) is 1.68. The summed E-state index contributed by atoms with van der Waals surface area (Å²) in [6, 6.07) is 6.35. The number of carbonyl (C=O) groups excluding carboxylic acids is 1. The van der Waals surface area contributed by atoms with Crippen molar-refractivity contribution in [2.45, 2.75) is 36.7 Å². The number of alkyl halides is 3. The van der Waals surface area contributed by atoms with E-state index in [0.717, 1.165) is 0 Å². The maximum absolute atomic E-state index is 12.4. The summed E-state index contributed by atoms with van der Waals surface area (Å²) in [5, 5.41) is 6.42. The molecule has 0 aliphatic heterocycles. The number of carbonyl (C=O) groups is 1. The average molecular weight is 389 g/mol. The van der Waals surface area contributed by atoms with Gasteiger partial charge in [0, 0.05) is 17.9 Å². The van der Waals surface area contributed by atoms with E-state index >= 15 is 0 Å². The van der Waals surface area contributed by atoms with Crippen LogP contribution in [0.4, 0.5) is 13.2 Å². The summed E-state index contributed by atoms with van der Waals surface area (Å²) in [5.41, 5.74) is 0.417. The molecule has 1 unspecified atom stereocenters. The SMILES string of the molecule is Cc1nc(CSc2ccccc2C(=O)NC(C)COCC(F)(F)F)no1. The van der Waals surface area contributed by atoms with Gasteiger partial charge in [0.2, 0.25) is 5.89 Å². The van der Waals surface area contributed by atoms with Crippen LogP contribution in [-0.2, 0) is 10.5 Å². The number of aromatic nitrogens is 2. The van der Waals surface area contributed by atoms with Crippen molar-refractivity contribution in [1.29, 1.82) is 0 Å². The molecule has 10 heteroatoms. The van der Waals surface area contributed by atoms with Gasteiger partial charge >= 0.3 is 6.18 Å². The molecule has 1 N–H and O–H groups in total. The van der Waals surface area contributed by atoms with Crippen molar-refractivity contribution < 1.29 is 27.2 Å². The van der Waals surface area contributed by atoms with Crippen LogP contribution in [0.5, 0.6) is 0 Å². The predicted molar refractivity (Wildman–Crippen MR) is 88.8 cm³/mol. The Bertz CT molecular complexity index is 737. The van der Waals surface area contributed by atoms with Gasteiger partial charge < -0.3 is 14.6 Å². The largest absolute Gasteiger partial charge is 0.411 e. The van der Waals surface area contributed by atoms with Gasteiger partial charge in [-0.3, -0.25) is 4.79 Å². The molecule has 2 rings (SSSR count). The van der Waals surface area contributed by atoms with E-state index in [4.69, 9.17) is 4.52 Å². The lowest BCUT2D eigenvalue weighted by Crippen LogP contribution is -2.37. The van der Waals surface area contributed by atoms with Crippen molar-refractivity contribution in [3.05, 3.63) is 41.5 Å². The predicted octanol–water partition coefficient (Wildman–Crippen LogP) is 3.37. The molecular formula is C16H18F3N3O3S. The van der Waals surface area contributed by atoms with E-state index in [1.165, 1.54) is 11.8 Å². The molecule has 2 aromatic rings. The first-order chi connectivity index (χ1) is 12.2. The Labute approximate surface area is 152 Å². The Hall–Kier alpha value is -2.07. The third-order valence-corrected chi connectivity index (χ3v) is 4.14. The Morgan fingerprint density at radius 1 is 1.38 bits per heavy atom. The van der Waals surface area contributed by atoms with Crippen molar-refractivity contribution in [1.82, 2.24) is 15.5 Å². The lowest BCUT2D eigenvalue weighted by Gasteiger charge is -2.16. The van der Waals surface area contributed by atoms with Crippen molar-refractivity contribution in [2.24, 2.45) is 0 Å². The normalized spacial score (nSPS) is 12.8. The number of nitrogens with zero attached hydrogens (tertiary/aromatic N) is 2. The Morgan fingerprint density at radius 3 is 2.77 bits per heavy atom. The van der Waals surface area contributed by atoms with E-state index < -0.39 is 18.8 Å². The number of hydrogen-bond donors (Lipinski definition) is 1. The molecule has 0 radical (unpaired) electrons. The molecule has 142 valence electrons. The summed E-state index contributed by atoms with van der Waals surface area (Å²) in [7, 11) is 0. The minimum absolute atomic E-state index is 0.233. The molecule has 0 fully saturated rings. The van der Waals surface area contributed by atoms with Gasteiger partial charge in [0.1, 0.15) is 6.61 Å². The number of rotatable bonds is 8. The molecule has 1 amide bonds. The van der Waals surface area contributed by atoms with E-state index in [1.807, 2.05) is 0 Å². The third-order valence-electron chi connectivity index (χ3n) is 3.07. The third kappa shape index (κ3) is 6.68. The highest BCUT2D eigenvalue weighted by atomic mass is 32.2. The van der Waals surface area contributed by atoms with Crippen LogP contribution in [0.1, 0.15) is 29.0 Å². The van der Waals surface area contributed by atoms with E-state index in [9.17, 15) is 18.0 Å². The maximum atomic E-state index is 12.4. The Kier molecular flexibility index (Phi) is 7.04. The van der Waals surface area contributed by atoms with E-state index in [2.05, 4.69) is 20.2 Å². The standard InChI is InChI=1S/C16H18F3N3O3S/c1-10(7-24-9-16(17,18)19)20-15(23)12-5-3-4-6-13(12)26-8-14-21-11(2)25-22-14/h3-6,10H,7-9H2,1-2H3,(H,20,23). The number of nitrogens with one attached hydrogen (secondary N) is 1. The first-order valence-electron chi connectivity index (χ1n) is 7.71. The molecule has 0 bridgehead atoms. The number of halogens is 3. The molecule has 1 aromatic heterocycles. The first kappa shape index (κ1) is 20.2. The van der Waals surface area contributed by atoms with Crippen LogP contribution in [0.25, 0.3) is 0 Å². The molecule has 0 aliphatic rings. The lowest BCUT2D eigenvalue weighted by molar-refractivity contribution is -0.174. The summed E-state index contributed by atoms with van der Waals surface area (Å²) in [4.78, 5) is 17.2. The summed E-state index contributed by atoms with van der Waals surface area (Å²) < 4.78 is 45.7. The average Bonchev–Trinajstić information content (AvgIpc) is 2.97. The van der Waals surface area contributed by atoms with Gasteiger partial charge in [0.15, 0.2) is 5.82 Å². The molecule has 1 heterocycles. The molecule has 1 aromatic carbocycles. The van der Waals surface area contributed by atoms with Crippen molar-refractivity contribution >= 4 is 17.7 Å². The van der Waals surface area contributed by atoms with Gasteiger partial charge in [0.05, 0.1) is 17.9 Å². The zero-order valence-electron chi connectivity index (χ0n) is 14.2. The number of aryl methyl sites for hydroxylation is 1. The van der Waals surface area contributed by atoms with Gasteiger partial charge in [-0.2, -0.15) is 18.2 Å². The summed E-state index contributed by atoms with van der Waals surface area (Å²) in [6.07, 6.45) is -4.39. The zero-order chi connectivity index (χ0) is 19.2. The fourth-order valence-corrected chi connectivity index (χ4v) is 2.91. The van der Waals surface area contributed by atoms with Crippen molar-refractivity contribution in [3.63, 3.8) is 0 Å². The highest BCUT2D eigenvalue weighted by Crippen LogP contribution is 2.25. The number of amides is 1. The molecule has 6 nitrogen and oxygen atoms in total. The number of hydrogen-bond acceptors (Lipinski definition) is 6. The van der Waals surface area contributed by atoms with Gasteiger partial charge in [-0.05, 0) is 19.1 Å². The monoisotopic (exact) mass is 389 g/mol. The fraction of sp³-hybridized carbons (Fsp3) is 0.438. The van der Waals surface area contributed by atoms with Crippen LogP contribution in [-0.4, -0.2) is 41.5 Å². The molecule has 26 heavy (non-hydrogen) atoms. The van der Waals surface area contributed by atoms with E-state index in [1.54, 1.807) is 38.1 Å². The highest BCUT2D eigenvalue weighted by Gasteiger charge is 2.27. The zero-order valence-corrected chi connectivity index (χ0v) is 15.0. The number of benzene rings is 1. The molecule has 0 spiro atoms. The van der Waals surface area contributed by atoms with Crippen LogP contribution in [0.3, 0.4) is 0 Å². The van der Waals surface area contributed by atoms with E-state index in [-0.39, 0.29) is 12.5 Å². The van der Waals surface area contributed by atoms with Crippen LogP contribution >= 0.6 is 11.8 Å². The number of ether oxygens (including phenoxy) is 1. The Balaban J connectivity index is 1.91. The van der Waals surface area contributed by atoms with Gasteiger partial charge in [-0.1, -0.05) is 17.3 Å². The van der Waals surface area contributed by atoms with Crippen LogP contribution < -0.4 is 5.32 Å². The number of thioether (sulfide) groups is 1. The van der Waals surface area contributed by atoms with Crippen molar-refractivity contribution in [3.8, 4) is 0 Å². The van der Waals surface area contributed by atoms with Crippen LogP contribution in [0, 0.1) is 6.92 Å². The second-order valence-electron chi connectivity index (χ2n) is 5.52. The molecule has 0 aliphatic carbocycles. The maximum Gasteiger partial charge on any atom is 0.411 e. The lowest BCUT2D eigenvalue weighted by atomic mass is 10.2. The fourth-order valence-electron chi connectivity index (χ4n) is 2.02. The van der Waals surface area contributed by atoms with E-state index in [0.29, 0.717) is 27.9 Å². The van der Waals surface area contributed by atoms with Crippen LogP contribution in [0.2, 0.25) is 0 Å². The van der Waals surface area contributed by atoms with Gasteiger partial charge in [0.25, 0.3) is 5.91 Å². The second kappa shape index (κ2) is 9.04. The molecule has 0 saturated carbocycles. The van der Waals surface area contributed by atoms with Gasteiger partial charge in [-0.25, -0.2) is 0 Å². The summed E-state index contributed by atoms with van der Waals surface area (Å²) >= 11 is 1.36. The smallest absolute Gasteiger partial charge is 0.370 e. The highest BCUT2D eigenvalue weighted by molar-refractivity contribution is 7.98. The molecule has 0 saturated heterocycles. The summed E-state index contributed by atoms with van der Waals surface area (Å²) in [5.74, 6) is 1.00. The Morgan fingerprint density at radius 2 is 2.12 bits per heavy atom. The topological polar surface area (TPSA) is 77.2 Å². The minimum Gasteiger partial charge on any atom is -0.370 e. The second-order valence-corrected chi connectivity index (χ2v) is 6.54. The minimum atomic E-state index is -4.39. The molecular weight excluding hydrogens is 371 g/mol. The van der Waals surface area contributed by atoms with Crippen LogP contribution in [0.15, 0.2) is 33.7 Å². The van der Waals surface area contributed by atoms with Gasteiger partial charge in [-0.15, -0.1) is 11.8 Å².